The Hall–Kier alpha value is -0.000000000000000111. The first-order valence-corrected chi connectivity index (χ1v) is 17.7. The van der Waals surface area contributed by atoms with Crippen LogP contribution in [0.4, 0.5) is 0 Å². The number of hydrogen-bond donors (Lipinski definition) is 3. The van der Waals surface area contributed by atoms with E-state index >= 15 is 0 Å². The summed E-state index contributed by atoms with van der Waals surface area (Å²) >= 11 is 8.32. The minimum Gasteiger partial charge on any atom is -0.389 e. The van der Waals surface area contributed by atoms with Crippen molar-refractivity contribution in [2.24, 2.45) is 23.7 Å². The molecule has 0 saturated carbocycles. The first-order valence-electron chi connectivity index (χ1n) is 16.8. The number of aliphatic hydroxyl groups is 1. The van der Waals surface area contributed by atoms with Crippen LogP contribution in [0.3, 0.4) is 0 Å². The zero-order valence-corrected chi connectivity index (χ0v) is 28.3. The first-order chi connectivity index (χ1) is 18.7. The first kappa shape index (κ1) is 39.0. The van der Waals surface area contributed by atoms with Crippen LogP contribution >= 0.6 is 25.3 Å². The number of thiol groups is 2. The van der Waals surface area contributed by atoms with Crippen LogP contribution in [-0.4, -0.2) is 20.9 Å². The largest absolute Gasteiger partial charge is 0.389 e. The van der Waals surface area contributed by atoms with Crippen molar-refractivity contribution < 1.29 is 14.7 Å². The maximum atomic E-state index is 12.4. The molecule has 0 aliphatic carbocycles. The van der Waals surface area contributed by atoms with Gasteiger partial charge in [0.25, 0.3) is 0 Å². The van der Waals surface area contributed by atoms with Crippen molar-refractivity contribution in [3.8, 4) is 0 Å². The highest BCUT2D eigenvalue weighted by molar-refractivity contribution is 7.96. The fourth-order valence-corrected chi connectivity index (χ4v) is 7.20. The summed E-state index contributed by atoms with van der Waals surface area (Å²) in [4.78, 5) is 24.6. The molecular weight excluding hydrogens is 521 g/mol. The van der Waals surface area contributed by atoms with E-state index in [1.807, 2.05) is 0 Å². The molecule has 0 saturated heterocycles. The summed E-state index contributed by atoms with van der Waals surface area (Å²) in [5, 5.41) is 12.0. The van der Waals surface area contributed by atoms with Crippen molar-refractivity contribution in [3.63, 3.8) is 0 Å². The molecule has 0 rings (SSSR count). The number of rotatable bonds is 28. The van der Waals surface area contributed by atoms with E-state index in [1.165, 1.54) is 77.0 Å². The van der Waals surface area contributed by atoms with Gasteiger partial charge >= 0.3 is 0 Å². The molecule has 0 heterocycles. The highest BCUT2D eigenvalue weighted by Gasteiger charge is 2.43. The lowest BCUT2D eigenvalue weighted by Crippen LogP contribution is -2.46. The van der Waals surface area contributed by atoms with Gasteiger partial charge in [0.15, 0.2) is 10.2 Å². The third-order valence-corrected chi connectivity index (χ3v) is 9.47. The SMILES string of the molecule is CCCCC(CCCC)CCCC(CC(=O)S)C(O)(CCC)C(CCCC(CCCC)CCCC)CC(=O)S. The van der Waals surface area contributed by atoms with Crippen LogP contribution in [0.1, 0.15) is 176 Å². The molecule has 0 spiro atoms. The Morgan fingerprint density at radius 2 is 0.846 bits per heavy atom. The molecule has 2 atom stereocenters. The number of hydrogen-bond acceptors (Lipinski definition) is 3. The van der Waals surface area contributed by atoms with Gasteiger partial charge in [-0.25, -0.2) is 0 Å². The maximum Gasteiger partial charge on any atom is 0.186 e. The average Bonchev–Trinajstić information content (AvgIpc) is 2.89. The summed E-state index contributed by atoms with van der Waals surface area (Å²) in [6.07, 6.45) is 23.1. The van der Waals surface area contributed by atoms with Crippen molar-refractivity contribution in [3.05, 3.63) is 0 Å². The third kappa shape index (κ3) is 18.2. The molecule has 0 aromatic carbocycles. The molecular formula is C34H66O3S2. The Kier molecular flexibility index (Phi) is 24.6. The number of carbonyl (C=O) groups is 2. The quantitative estimate of drug-likeness (QED) is 0.0799. The fourth-order valence-electron chi connectivity index (χ4n) is 6.76. The van der Waals surface area contributed by atoms with E-state index in [-0.39, 0.29) is 34.9 Å². The van der Waals surface area contributed by atoms with Crippen molar-refractivity contribution in [2.75, 3.05) is 0 Å². The molecule has 0 fully saturated rings. The van der Waals surface area contributed by atoms with Gasteiger partial charge in [0.2, 0.25) is 0 Å². The summed E-state index contributed by atoms with van der Waals surface area (Å²) in [7, 11) is 0. The molecule has 2 unspecified atom stereocenters. The number of carbonyl (C=O) groups excluding carboxylic acids is 2. The maximum absolute atomic E-state index is 12.4. The highest BCUT2D eigenvalue weighted by Crippen LogP contribution is 2.42. The molecule has 0 amide bonds. The van der Waals surface area contributed by atoms with Crippen molar-refractivity contribution in [1.82, 2.24) is 0 Å². The van der Waals surface area contributed by atoms with Gasteiger partial charge in [-0.2, -0.15) is 0 Å². The van der Waals surface area contributed by atoms with E-state index in [2.05, 4.69) is 59.9 Å². The molecule has 5 heteroatoms. The second-order valence-electron chi connectivity index (χ2n) is 12.5. The monoisotopic (exact) mass is 586 g/mol. The lowest BCUT2D eigenvalue weighted by Gasteiger charge is -2.43. The Balaban J connectivity index is 5.67. The molecule has 0 aromatic heterocycles. The summed E-state index contributed by atoms with van der Waals surface area (Å²) in [6, 6.07) is 0. The smallest absolute Gasteiger partial charge is 0.186 e. The molecule has 0 radical (unpaired) electrons. The normalized spacial score (nSPS) is 15.0. The van der Waals surface area contributed by atoms with E-state index in [4.69, 9.17) is 0 Å². The van der Waals surface area contributed by atoms with Gasteiger partial charge in [-0.3, -0.25) is 9.59 Å². The Bertz CT molecular complexity index is 547. The topological polar surface area (TPSA) is 54.4 Å². The Morgan fingerprint density at radius 1 is 0.538 bits per heavy atom. The van der Waals surface area contributed by atoms with Crippen molar-refractivity contribution in [2.45, 2.75) is 181 Å². The molecule has 3 nitrogen and oxygen atoms in total. The average molecular weight is 587 g/mol. The molecule has 1 N–H and O–H groups in total. The van der Waals surface area contributed by atoms with Crippen LogP contribution < -0.4 is 0 Å². The van der Waals surface area contributed by atoms with Crippen LogP contribution in [0.15, 0.2) is 0 Å². The van der Waals surface area contributed by atoms with Crippen LogP contribution in [-0.2, 0) is 9.59 Å². The minimum absolute atomic E-state index is 0.154. The predicted molar refractivity (Wildman–Crippen MR) is 177 cm³/mol. The van der Waals surface area contributed by atoms with Gasteiger partial charge in [-0.1, -0.05) is 144 Å². The van der Waals surface area contributed by atoms with Gasteiger partial charge in [0.05, 0.1) is 5.60 Å². The summed E-state index contributed by atoms with van der Waals surface area (Å²) in [5.74, 6) is 1.15. The summed E-state index contributed by atoms with van der Waals surface area (Å²) in [5.41, 5.74) is -1.03. The second-order valence-corrected chi connectivity index (χ2v) is 13.5. The molecule has 39 heavy (non-hydrogen) atoms. The van der Waals surface area contributed by atoms with Gasteiger partial charge in [0, 0.05) is 12.8 Å². The fraction of sp³-hybridized carbons (Fsp3) is 0.941. The van der Waals surface area contributed by atoms with Gasteiger partial charge < -0.3 is 5.11 Å². The lowest BCUT2D eigenvalue weighted by atomic mass is 9.68. The van der Waals surface area contributed by atoms with E-state index in [0.29, 0.717) is 6.42 Å². The molecule has 232 valence electrons. The van der Waals surface area contributed by atoms with E-state index in [1.54, 1.807) is 0 Å². The minimum atomic E-state index is -1.03. The van der Waals surface area contributed by atoms with Crippen LogP contribution in [0.5, 0.6) is 0 Å². The van der Waals surface area contributed by atoms with Crippen LogP contribution in [0.25, 0.3) is 0 Å². The highest BCUT2D eigenvalue weighted by atomic mass is 32.1. The van der Waals surface area contributed by atoms with Crippen LogP contribution in [0.2, 0.25) is 0 Å². The Morgan fingerprint density at radius 3 is 1.10 bits per heavy atom. The summed E-state index contributed by atoms with van der Waals surface area (Å²) in [6.45, 7) is 11.1. The lowest BCUT2D eigenvalue weighted by molar-refractivity contribution is -0.125. The molecule has 0 bridgehead atoms. The predicted octanol–water partition coefficient (Wildman–Crippen LogP) is 10.8. The molecule has 0 aliphatic heterocycles. The van der Waals surface area contributed by atoms with Gasteiger partial charge in [-0.05, 0) is 42.9 Å². The summed E-state index contributed by atoms with van der Waals surface area (Å²) < 4.78 is 0. The molecule has 0 aliphatic rings. The van der Waals surface area contributed by atoms with Gasteiger partial charge in [0.1, 0.15) is 0 Å². The van der Waals surface area contributed by atoms with E-state index in [0.717, 1.165) is 56.8 Å². The second kappa shape index (κ2) is 24.6. The third-order valence-electron chi connectivity index (χ3n) is 9.10. The molecule has 0 aromatic rings. The van der Waals surface area contributed by atoms with Crippen molar-refractivity contribution >= 4 is 35.5 Å². The van der Waals surface area contributed by atoms with E-state index < -0.39 is 5.60 Å². The van der Waals surface area contributed by atoms with Gasteiger partial charge in [-0.15, -0.1) is 25.3 Å². The zero-order chi connectivity index (χ0) is 29.5. The Labute approximate surface area is 254 Å². The van der Waals surface area contributed by atoms with Crippen molar-refractivity contribution in [1.29, 1.82) is 0 Å². The standard InChI is InChI=1S/C34H66O3S2/c1-6-11-17-28(18-12-7-2)21-15-23-30(26-32(35)38)34(37,25-10-5)31(27-33(36)39)24-16-22-29(19-13-8-3)20-14-9-4/h28-31,37H,6-27H2,1-5H3,(H,35,38)(H,36,39). The zero-order valence-electron chi connectivity index (χ0n) is 26.5. The van der Waals surface area contributed by atoms with Crippen LogP contribution in [0, 0.1) is 23.7 Å². The number of unbranched alkanes of at least 4 members (excludes halogenated alkanes) is 4. The van der Waals surface area contributed by atoms with E-state index in [9.17, 15) is 14.7 Å².